The second-order valence-corrected chi connectivity index (χ2v) is 7.81. The van der Waals surface area contributed by atoms with Gasteiger partial charge in [0.15, 0.2) is 11.6 Å². The average Bonchev–Trinajstić information content (AvgIpc) is 3.34. The number of piperazine rings is 1. The first-order valence-electron chi connectivity index (χ1n) is 9.24. The van der Waals surface area contributed by atoms with Gasteiger partial charge in [0.05, 0.1) is 15.9 Å². The highest BCUT2D eigenvalue weighted by atomic mass is 32.1. The average molecular weight is 392 g/mol. The highest BCUT2D eigenvalue weighted by Gasteiger charge is 2.21. The van der Waals surface area contributed by atoms with Crippen molar-refractivity contribution in [3.8, 4) is 5.82 Å². The third-order valence-corrected chi connectivity index (χ3v) is 5.89. The molecule has 1 aliphatic heterocycles. The molecule has 0 spiro atoms. The highest BCUT2D eigenvalue weighted by Crippen LogP contribution is 2.28. The zero-order chi connectivity index (χ0) is 19.1. The van der Waals surface area contributed by atoms with Crippen LogP contribution in [0.2, 0.25) is 0 Å². The Balaban J connectivity index is 1.30. The predicted octanol–water partition coefficient (Wildman–Crippen LogP) is 2.61. The van der Waals surface area contributed by atoms with Gasteiger partial charge in [0.25, 0.3) is 0 Å². The monoisotopic (exact) mass is 392 g/mol. The Bertz CT molecular complexity index is 1110. The summed E-state index contributed by atoms with van der Waals surface area (Å²) >= 11 is 1.70. The third kappa shape index (κ3) is 2.97. The van der Waals surface area contributed by atoms with E-state index in [2.05, 4.69) is 40.4 Å². The molecule has 1 fully saturated rings. The third-order valence-electron chi connectivity index (χ3n) is 4.99. The van der Waals surface area contributed by atoms with Crippen LogP contribution in [0.15, 0.2) is 36.0 Å². The molecule has 0 unspecified atom stereocenters. The first kappa shape index (κ1) is 17.1. The van der Waals surface area contributed by atoms with E-state index in [1.807, 2.05) is 42.8 Å². The van der Waals surface area contributed by atoms with Gasteiger partial charge in [-0.15, -0.1) is 21.5 Å². The maximum atomic E-state index is 4.52. The summed E-state index contributed by atoms with van der Waals surface area (Å²) in [5.74, 6) is 2.67. The summed E-state index contributed by atoms with van der Waals surface area (Å²) in [6, 6.07) is 8.08. The summed E-state index contributed by atoms with van der Waals surface area (Å²) in [7, 11) is 0. The van der Waals surface area contributed by atoms with Gasteiger partial charge < -0.3 is 9.80 Å². The van der Waals surface area contributed by atoms with E-state index in [1.165, 1.54) is 0 Å². The number of fused-ring (bicyclic) bond motifs is 1. The van der Waals surface area contributed by atoms with Crippen molar-refractivity contribution >= 4 is 33.2 Å². The lowest BCUT2D eigenvalue weighted by molar-refractivity contribution is 0.638. The van der Waals surface area contributed by atoms with E-state index in [-0.39, 0.29) is 0 Å². The van der Waals surface area contributed by atoms with Crippen molar-refractivity contribution in [2.75, 3.05) is 36.0 Å². The molecule has 0 aromatic carbocycles. The number of thiophene rings is 1. The van der Waals surface area contributed by atoms with Crippen LogP contribution in [-0.2, 0) is 0 Å². The van der Waals surface area contributed by atoms with E-state index in [4.69, 9.17) is 0 Å². The number of hydrogen-bond donors (Lipinski definition) is 0. The topological polar surface area (TPSA) is 75.9 Å². The molecular formula is C19H20N8S. The first-order chi connectivity index (χ1) is 13.7. The van der Waals surface area contributed by atoms with E-state index in [0.717, 1.165) is 65.2 Å². The molecular weight excluding hydrogens is 372 g/mol. The van der Waals surface area contributed by atoms with Crippen LogP contribution in [0.5, 0.6) is 0 Å². The molecule has 5 heterocycles. The van der Waals surface area contributed by atoms with Gasteiger partial charge in [-0.1, -0.05) is 0 Å². The summed E-state index contributed by atoms with van der Waals surface area (Å²) in [4.78, 5) is 13.5. The molecule has 0 radical (unpaired) electrons. The fraction of sp³-hybridized carbons (Fsp3) is 0.316. The number of hydrogen-bond acceptors (Lipinski definition) is 8. The van der Waals surface area contributed by atoms with E-state index >= 15 is 0 Å². The van der Waals surface area contributed by atoms with Crippen molar-refractivity contribution in [1.29, 1.82) is 0 Å². The Morgan fingerprint density at radius 1 is 0.893 bits per heavy atom. The molecule has 1 saturated heterocycles. The Morgan fingerprint density at radius 3 is 2.36 bits per heavy atom. The zero-order valence-electron chi connectivity index (χ0n) is 15.8. The fourth-order valence-electron chi connectivity index (χ4n) is 3.61. The Hall–Kier alpha value is -3.07. The lowest BCUT2D eigenvalue weighted by Crippen LogP contribution is -2.47. The number of aromatic nitrogens is 6. The molecule has 1 aliphatic rings. The molecule has 0 bridgehead atoms. The summed E-state index contributed by atoms with van der Waals surface area (Å²) in [5, 5.41) is 15.4. The van der Waals surface area contributed by atoms with Crippen molar-refractivity contribution in [2.24, 2.45) is 0 Å². The Kier molecular flexibility index (Phi) is 4.16. The second-order valence-electron chi connectivity index (χ2n) is 6.89. The molecule has 8 nitrogen and oxygen atoms in total. The standard InChI is InChI=1S/C19H20N8S/c1-13-11-14(2)27(24-13)17-4-3-16(22-23-17)25-6-8-26(9-7-25)19-18-15(5-10-28-18)20-12-21-19/h3-5,10-12H,6-9H2,1-2H3. The van der Waals surface area contributed by atoms with Gasteiger partial charge in [0.2, 0.25) is 0 Å². The smallest absolute Gasteiger partial charge is 0.176 e. The van der Waals surface area contributed by atoms with Crippen molar-refractivity contribution in [3.05, 3.63) is 47.4 Å². The van der Waals surface area contributed by atoms with E-state index in [9.17, 15) is 0 Å². The normalized spacial score (nSPS) is 14.8. The molecule has 0 saturated carbocycles. The molecule has 0 atom stereocenters. The molecule has 4 aromatic rings. The molecule has 142 valence electrons. The molecule has 4 aromatic heterocycles. The number of anilines is 2. The zero-order valence-corrected chi connectivity index (χ0v) is 16.6. The van der Waals surface area contributed by atoms with Gasteiger partial charge in [-0.3, -0.25) is 0 Å². The summed E-state index contributed by atoms with van der Waals surface area (Å²) < 4.78 is 2.98. The lowest BCUT2D eigenvalue weighted by atomic mass is 10.3. The summed E-state index contributed by atoms with van der Waals surface area (Å²) in [6.07, 6.45) is 1.65. The van der Waals surface area contributed by atoms with Crippen LogP contribution >= 0.6 is 11.3 Å². The largest absolute Gasteiger partial charge is 0.352 e. The minimum absolute atomic E-state index is 0.744. The molecule has 0 N–H and O–H groups in total. The van der Waals surface area contributed by atoms with Crippen LogP contribution in [0, 0.1) is 13.8 Å². The van der Waals surface area contributed by atoms with E-state index < -0.39 is 0 Å². The second kappa shape index (κ2) is 6.83. The van der Waals surface area contributed by atoms with Gasteiger partial charge in [-0.05, 0) is 43.5 Å². The lowest BCUT2D eigenvalue weighted by Gasteiger charge is -2.35. The predicted molar refractivity (Wildman–Crippen MR) is 110 cm³/mol. The fourth-order valence-corrected chi connectivity index (χ4v) is 4.47. The summed E-state index contributed by atoms with van der Waals surface area (Å²) in [6.45, 7) is 7.55. The molecule has 28 heavy (non-hydrogen) atoms. The minimum Gasteiger partial charge on any atom is -0.352 e. The number of nitrogens with zero attached hydrogens (tertiary/aromatic N) is 8. The van der Waals surface area contributed by atoms with Crippen LogP contribution in [0.25, 0.3) is 16.0 Å². The molecule has 0 aliphatic carbocycles. The first-order valence-corrected chi connectivity index (χ1v) is 10.1. The molecule has 9 heteroatoms. The number of rotatable bonds is 3. The van der Waals surface area contributed by atoms with Gasteiger partial charge >= 0.3 is 0 Å². The van der Waals surface area contributed by atoms with Gasteiger partial charge in [-0.2, -0.15) is 5.10 Å². The number of aryl methyl sites for hydroxylation is 2. The molecule has 0 amide bonds. The van der Waals surface area contributed by atoms with Gasteiger partial charge in [0.1, 0.15) is 12.1 Å². The van der Waals surface area contributed by atoms with Crippen LogP contribution < -0.4 is 9.80 Å². The summed E-state index contributed by atoms with van der Waals surface area (Å²) in [5.41, 5.74) is 3.05. The van der Waals surface area contributed by atoms with E-state index in [1.54, 1.807) is 17.7 Å². The Morgan fingerprint density at radius 2 is 1.64 bits per heavy atom. The Labute approximate surface area is 166 Å². The van der Waals surface area contributed by atoms with Crippen molar-refractivity contribution in [3.63, 3.8) is 0 Å². The van der Waals surface area contributed by atoms with Crippen LogP contribution in [0.1, 0.15) is 11.4 Å². The van der Waals surface area contributed by atoms with Crippen LogP contribution in [0.4, 0.5) is 11.6 Å². The van der Waals surface area contributed by atoms with Crippen LogP contribution in [0.3, 0.4) is 0 Å². The molecule has 5 rings (SSSR count). The minimum atomic E-state index is 0.744. The van der Waals surface area contributed by atoms with Crippen molar-refractivity contribution in [2.45, 2.75) is 13.8 Å². The van der Waals surface area contributed by atoms with Crippen molar-refractivity contribution in [1.82, 2.24) is 29.9 Å². The highest BCUT2D eigenvalue weighted by molar-refractivity contribution is 7.17. The van der Waals surface area contributed by atoms with Gasteiger partial charge in [0, 0.05) is 31.9 Å². The van der Waals surface area contributed by atoms with Gasteiger partial charge in [-0.25, -0.2) is 14.6 Å². The van der Waals surface area contributed by atoms with E-state index in [0.29, 0.717) is 0 Å². The maximum absolute atomic E-state index is 4.52. The van der Waals surface area contributed by atoms with Crippen LogP contribution in [-0.4, -0.2) is 56.1 Å². The maximum Gasteiger partial charge on any atom is 0.176 e. The quantitative estimate of drug-likeness (QED) is 0.530. The SMILES string of the molecule is Cc1cc(C)n(-c2ccc(N3CCN(c4ncnc5ccsc45)CC3)nn2)n1. The van der Waals surface area contributed by atoms with Crippen molar-refractivity contribution < 1.29 is 0 Å².